The predicted molar refractivity (Wildman–Crippen MR) is 64.9 cm³/mol. The van der Waals surface area contributed by atoms with Gasteiger partial charge in [-0.1, -0.05) is 12.1 Å². The van der Waals surface area contributed by atoms with Crippen LogP contribution in [-0.2, 0) is 4.74 Å². The van der Waals surface area contributed by atoms with Gasteiger partial charge in [0.25, 0.3) is 0 Å². The summed E-state index contributed by atoms with van der Waals surface area (Å²) in [6.45, 7) is 3.38. The molecule has 1 aliphatic heterocycles. The molecular formula is C12H15N3O. The van der Waals surface area contributed by atoms with Crippen molar-refractivity contribution in [3.63, 3.8) is 0 Å². The molecule has 0 bridgehead atoms. The molecule has 0 saturated carbocycles. The first-order chi connectivity index (χ1) is 7.92. The van der Waals surface area contributed by atoms with Crippen molar-refractivity contribution >= 4 is 17.4 Å². The van der Waals surface area contributed by atoms with Crippen LogP contribution in [-0.4, -0.2) is 39.4 Å². The van der Waals surface area contributed by atoms with Crippen LogP contribution in [0.5, 0.6) is 0 Å². The normalized spacial score (nSPS) is 15.4. The molecule has 1 fully saturated rings. The summed E-state index contributed by atoms with van der Waals surface area (Å²) < 4.78 is 5.34. The number of para-hydroxylation sites is 2. The third-order valence-corrected chi connectivity index (χ3v) is 2.50. The number of morpholine rings is 1. The lowest BCUT2D eigenvalue weighted by Gasteiger charge is -2.29. The van der Waals surface area contributed by atoms with Gasteiger partial charge in [-0.15, -0.1) is 0 Å². The van der Waals surface area contributed by atoms with E-state index in [-0.39, 0.29) is 0 Å². The Balaban J connectivity index is 2.27. The zero-order valence-corrected chi connectivity index (χ0v) is 9.39. The Hall–Kier alpha value is -1.64. The van der Waals surface area contributed by atoms with Crippen LogP contribution in [0.4, 0.5) is 11.4 Å². The summed E-state index contributed by atoms with van der Waals surface area (Å²) in [6, 6.07) is 10.7. The second-order valence-electron chi connectivity index (χ2n) is 3.52. The first kappa shape index (κ1) is 10.9. The largest absolute Gasteiger partial charge is 0.378 e. The molecule has 0 spiro atoms. The van der Waals surface area contributed by atoms with Crippen molar-refractivity contribution in [1.82, 2.24) is 0 Å². The fourth-order valence-corrected chi connectivity index (χ4v) is 1.73. The van der Waals surface area contributed by atoms with Crippen molar-refractivity contribution in [3.05, 3.63) is 24.3 Å². The predicted octanol–water partition coefficient (Wildman–Crippen LogP) is 1.96. The number of hydrogen-bond acceptors (Lipinski definition) is 4. The third-order valence-electron chi connectivity index (χ3n) is 2.50. The topological polar surface area (TPSA) is 37.2 Å². The molecule has 0 amide bonds. The maximum absolute atomic E-state index is 5.34. The Kier molecular flexibility index (Phi) is 3.70. The fourth-order valence-electron chi connectivity index (χ4n) is 1.73. The molecular weight excluding hydrogens is 202 g/mol. The highest BCUT2D eigenvalue weighted by molar-refractivity contribution is 5.70. The number of anilines is 1. The highest BCUT2D eigenvalue weighted by atomic mass is 16.5. The maximum atomic E-state index is 5.34. The summed E-state index contributed by atoms with van der Waals surface area (Å²) in [5, 5.41) is 0. The molecule has 84 valence electrons. The van der Waals surface area contributed by atoms with Gasteiger partial charge in [-0.25, -0.2) is 4.99 Å². The van der Waals surface area contributed by atoms with Gasteiger partial charge in [0.1, 0.15) is 0 Å². The van der Waals surface area contributed by atoms with Gasteiger partial charge in [-0.05, 0) is 12.1 Å². The van der Waals surface area contributed by atoms with Gasteiger partial charge in [-0.3, -0.25) is 0 Å². The number of aliphatic imine (C=N–C) groups is 2. The minimum Gasteiger partial charge on any atom is -0.378 e. The summed E-state index contributed by atoms with van der Waals surface area (Å²) in [6.07, 6.45) is 0. The number of ether oxygens (including phenoxy) is 1. The van der Waals surface area contributed by atoms with Gasteiger partial charge in [-0.2, -0.15) is 4.99 Å². The summed E-state index contributed by atoms with van der Waals surface area (Å²) in [4.78, 5) is 10.2. The molecule has 0 N–H and O–H groups in total. The summed E-state index contributed by atoms with van der Waals surface area (Å²) in [5.74, 6) is 0. The third kappa shape index (κ3) is 2.48. The van der Waals surface area contributed by atoms with Crippen molar-refractivity contribution in [3.8, 4) is 0 Å². The van der Waals surface area contributed by atoms with E-state index in [4.69, 9.17) is 4.74 Å². The van der Waals surface area contributed by atoms with Crippen LogP contribution in [0.15, 0.2) is 34.3 Å². The van der Waals surface area contributed by atoms with E-state index >= 15 is 0 Å². The van der Waals surface area contributed by atoms with Crippen LogP contribution in [0.3, 0.4) is 0 Å². The van der Waals surface area contributed by atoms with Crippen molar-refractivity contribution in [2.75, 3.05) is 38.3 Å². The first-order valence-corrected chi connectivity index (χ1v) is 5.38. The Morgan fingerprint density at radius 1 is 1.25 bits per heavy atom. The molecule has 4 heteroatoms. The molecule has 0 aliphatic carbocycles. The van der Waals surface area contributed by atoms with E-state index in [1.807, 2.05) is 18.2 Å². The SMILES string of the molecule is CN=C=Nc1ccccc1N1CCOCC1. The van der Waals surface area contributed by atoms with Crippen molar-refractivity contribution in [1.29, 1.82) is 0 Å². The maximum Gasteiger partial charge on any atom is 0.0979 e. The summed E-state index contributed by atoms with van der Waals surface area (Å²) in [5.41, 5.74) is 2.04. The Morgan fingerprint density at radius 2 is 2.00 bits per heavy atom. The van der Waals surface area contributed by atoms with E-state index in [1.165, 1.54) is 0 Å². The standard InChI is InChI=1S/C12H15N3O/c1-13-10-14-11-4-2-3-5-12(11)15-6-8-16-9-7-15/h2-5H,6-9H2,1H3. The van der Waals surface area contributed by atoms with E-state index in [0.717, 1.165) is 37.7 Å². The molecule has 16 heavy (non-hydrogen) atoms. The number of nitrogens with zero attached hydrogens (tertiary/aromatic N) is 3. The average Bonchev–Trinajstić information content (AvgIpc) is 2.38. The fraction of sp³-hybridized carbons (Fsp3) is 0.417. The zero-order chi connectivity index (χ0) is 11.2. The minimum atomic E-state index is 0.778. The Morgan fingerprint density at radius 3 is 2.75 bits per heavy atom. The lowest BCUT2D eigenvalue weighted by molar-refractivity contribution is 0.123. The van der Waals surface area contributed by atoms with Crippen LogP contribution >= 0.6 is 0 Å². The van der Waals surface area contributed by atoms with Gasteiger partial charge in [0.2, 0.25) is 0 Å². The van der Waals surface area contributed by atoms with Gasteiger partial charge in [0.05, 0.1) is 30.6 Å². The molecule has 0 radical (unpaired) electrons. The highest BCUT2D eigenvalue weighted by Crippen LogP contribution is 2.28. The molecule has 1 aromatic carbocycles. The zero-order valence-electron chi connectivity index (χ0n) is 9.39. The van der Waals surface area contributed by atoms with Crippen molar-refractivity contribution in [2.24, 2.45) is 9.98 Å². The number of rotatable bonds is 2. The van der Waals surface area contributed by atoms with Crippen LogP contribution in [0, 0.1) is 0 Å². The highest BCUT2D eigenvalue weighted by Gasteiger charge is 2.13. The number of hydrogen-bond donors (Lipinski definition) is 0. The van der Waals surface area contributed by atoms with Crippen molar-refractivity contribution < 1.29 is 4.74 Å². The van der Waals surface area contributed by atoms with E-state index in [2.05, 4.69) is 27.0 Å². The first-order valence-electron chi connectivity index (χ1n) is 5.38. The smallest absolute Gasteiger partial charge is 0.0979 e. The lowest BCUT2D eigenvalue weighted by Crippen LogP contribution is -2.36. The van der Waals surface area contributed by atoms with E-state index in [0.29, 0.717) is 0 Å². The minimum absolute atomic E-state index is 0.778. The second-order valence-corrected chi connectivity index (χ2v) is 3.52. The van der Waals surface area contributed by atoms with Gasteiger partial charge in [0.15, 0.2) is 0 Å². The summed E-state index contributed by atoms with van der Waals surface area (Å²) in [7, 11) is 1.67. The van der Waals surface area contributed by atoms with Crippen molar-refractivity contribution in [2.45, 2.75) is 0 Å². The molecule has 2 rings (SSSR count). The molecule has 0 aromatic heterocycles. The molecule has 1 aliphatic rings. The van der Waals surface area contributed by atoms with Crippen LogP contribution in [0.25, 0.3) is 0 Å². The average molecular weight is 217 g/mol. The van der Waals surface area contributed by atoms with E-state index in [1.54, 1.807) is 7.05 Å². The van der Waals surface area contributed by atoms with Crippen LogP contribution < -0.4 is 4.90 Å². The summed E-state index contributed by atoms with van der Waals surface area (Å²) >= 11 is 0. The van der Waals surface area contributed by atoms with Gasteiger partial charge in [0, 0.05) is 20.1 Å². The quantitative estimate of drug-likeness (QED) is 0.710. The number of benzene rings is 1. The van der Waals surface area contributed by atoms with Gasteiger partial charge >= 0.3 is 0 Å². The molecule has 0 atom stereocenters. The van der Waals surface area contributed by atoms with Crippen LogP contribution in [0.2, 0.25) is 0 Å². The van der Waals surface area contributed by atoms with E-state index < -0.39 is 0 Å². The van der Waals surface area contributed by atoms with Gasteiger partial charge < -0.3 is 9.64 Å². The molecule has 1 aromatic rings. The Bertz CT molecular complexity index is 404. The Labute approximate surface area is 95.3 Å². The van der Waals surface area contributed by atoms with E-state index in [9.17, 15) is 0 Å². The lowest BCUT2D eigenvalue weighted by atomic mass is 10.2. The molecule has 1 heterocycles. The second kappa shape index (κ2) is 5.45. The molecule has 0 unspecified atom stereocenters. The molecule has 4 nitrogen and oxygen atoms in total. The monoisotopic (exact) mass is 217 g/mol. The molecule has 1 saturated heterocycles. The van der Waals surface area contributed by atoms with Crippen LogP contribution in [0.1, 0.15) is 0 Å².